The zero-order valence-corrected chi connectivity index (χ0v) is 19.5. The smallest absolute Gasteiger partial charge is 0.248 e. The van der Waals surface area contributed by atoms with Gasteiger partial charge in [0.1, 0.15) is 0 Å². The summed E-state index contributed by atoms with van der Waals surface area (Å²) >= 11 is 0. The Morgan fingerprint density at radius 3 is 2.62 bits per heavy atom. The third-order valence-electron chi connectivity index (χ3n) is 4.77. The van der Waals surface area contributed by atoms with Gasteiger partial charge in [-0.15, -0.1) is 0 Å². The molecule has 2 aromatic carbocycles. The van der Waals surface area contributed by atoms with Gasteiger partial charge in [0.25, 0.3) is 0 Å². The number of nitrogens with one attached hydrogen (secondary N) is 3. The van der Waals surface area contributed by atoms with E-state index in [0.717, 1.165) is 24.0 Å². The molecule has 0 spiro atoms. The molecule has 8 nitrogen and oxygen atoms in total. The maximum absolute atomic E-state index is 14.2. The predicted molar refractivity (Wildman–Crippen MR) is 133 cm³/mol. The van der Waals surface area contributed by atoms with Crippen molar-refractivity contribution in [2.24, 2.45) is 0 Å². The van der Waals surface area contributed by atoms with Crippen molar-refractivity contribution in [3.05, 3.63) is 78.3 Å². The minimum absolute atomic E-state index is 0.0631. The fraction of sp³-hybridized carbons (Fsp3) is 0.240. The summed E-state index contributed by atoms with van der Waals surface area (Å²) in [6, 6.07) is 14.7. The number of halogens is 1. The average molecular weight is 465 g/mol. The van der Waals surface area contributed by atoms with E-state index in [0.29, 0.717) is 24.5 Å². The van der Waals surface area contributed by atoms with Crippen molar-refractivity contribution in [1.82, 2.24) is 14.9 Å². The topological polar surface area (TPSA) is 91.4 Å². The van der Waals surface area contributed by atoms with E-state index in [1.54, 1.807) is 37.5 Å². The van der Waals surface area contributed by atoms with Gasteiger partial charge in [-0.1, -0.05) is 24.3 Å². The largest absolute Gasteiger partial charge is 0.383 e. The first-order chi connectivity index (χ1) is 16.4. The Morgan fingerprint density at radius 1 is 1.12 bits per heavy atom. The number of carbonyl (C=O) groups excluding carboxylic acids is 1. The lowest BCUT2D eigenvalue weighted by molar-refractivity contribution is -0.111. The molecule has 0 fully saturated rings. The highest BCUT2D eigenvalue weighted by molar-refractivity contribution is 5.99. The fourth-order valence-corrected chi connectivity index (χ4v) is 3.04. The van der Waals surface area contributed by atoms with Crippen LogP contribution in [0.3, 0.4) is 0 Å². The van der Waals surface area contributed by atoms with Crippen molar-refractivity contribution in [3.8, 4) is 0 Å². The number of hydrogen-bond donors (Lipinski definition) is 3. The number of likely N-dealkylation sites (N-methyl/N-ethyl adjacent to an activating group) is 1. The Balaban J connectivity index is 1.61. The first-order valence-corrected chi connectivity index (χ1v) is 10.8. The van der Waals surface area contributed by atoms with Crippen LogP contribution >= 0.6 is 0 Å². The van der Waals surface area contributed by atoms with Crippen molar-refractivity contribution in [3.63, 3.8) is 0 Å². The van der Waals surface area contributed by atoms with Gasteiger partial charge in [0.15, 0.2) is 11.6 Å². The van der Waals surface area contributed by atoms with Crippen LogP contribution in [0.4, 0.5) is 33.2 Å². The second-order valence-corrected chi connectivity index (χ2v) is 7.74. The van der Waals surface area contributed by atoms with Crippen LogP contribution in [0.5, 0.6) is 0 Å². The molecule has 34 heavy (non-hydrogen) atoms. The monoisotopic (exact) mass is 464 g/mol. The maximum atomic E-state index is 14.2. The predicted octanol–water partition coefficient (Wildman–Crippen LogP) is 4.48. The van der Waals surface area contributed by atoms with Gasteiger partial charge in [0, 0.05) is 43.3 Å². The molecule has 1 aromatic heterocycles. The molecule has 3 N–H and O–H groups in total. The summed E-state index contributed by atoms with van der Waals surface area (Å²) < 4.78 is 19.3. The van der Waals surface area contributed by atoms with Crippen LogP contribution in [-0.4, -0.2) is 54.6 Å². The van der Waals surface area contributed by atoms with E-state index in [2.05, 4.69) is 25.9 Å². The zero-order valence-electron chi connectivity index (χ0n) is 19.5. The summed E-state index contributed by atoms with van der Waals surface area (Å²) in [5.74, 6) is -0.514. The fourth-order valence-electron chi connectivity index (χ4n) is 3.04. The van der Waals surface area contributed by atoms with E-state index in [1.807, 2.05) is 43.1 Å². The number of aryl methyl sites for hydroxylation is 1. The minimum Gasteiger partial charge on any atom is -0.383 e. The van der Waals surface area contributed by atoms with Crippen LogP contribution in [0, 0.1) is 12.7 Å². The van der Waals surface area contributed by atoms with Crippen LogP contribution in [0.15, 0.2) is 66.9 Å². The van der Waals surface area contributed by atoms with Crippen molar-refractivity contribution in [2.45, 2.75) is 6.92 Å². The molecule has 0 aliphatic rings. The van der Waals surface area contributed by atoms with Gasteiger partial charge in [-0.3, -0.25) is 4.79 Å². The van der Waals surface area contributed by atoms with Gasteiger partial charge in [-0.25, -0.2) is 9.37 Å². The first-order valence-electron chi connectivity index (χ1n) is 10.8. The van der Waals surface area contributed by atoms with Crippen molar-refractivity contribution in [2.75, 3.05) is 49.8 Å². The summed E-state index contributed by atoms with van der Waals surface area (Å²) in [6.45, 7) is 4.01. The summed E-state index contributed by atoms with van der Waals surface area (Å²) in [4.78, 5) is 22.5. The van der Waals surface area contributed by atoms with Gasteiger partial charge < -0.3 is 25.6 Å². The number of benzene rings is 2. The SMILES string of the molecule is COCCN(C)CC=CC(=O)Nc1cccc(Nc2ncc(F)c(Nc3cccc(C)c3)n2)c1. The quantitative estimate of drug-likeness (QED) is 0.360. The molecule has 0 saturated heterocycles. The molecule has 0 saturated carbocycles. The molecule has 9 heteroatoms. The lowest BCUT2D eigenvalue weighted by atomic mass is 10.2. The Labute approximate surface area is 198 Å². The second-order valence-electron chi connectivity index (χ2n) is 7.74. The van der Waals surface area contributed by atoms with E-state index in [-0.39, 0.29) is 17.7 Å². The third kappa shape index (κ3) is 7.95. The third-order valence-corrected chi connectivity index (χ3v) is 4.77. The number of rotatable bonds is 11. The minimum atomic E-state index is -0.562. The van der Waals surface area contributed by atoms with Gasteiger partial charge in [0.05, 0.1) is 12.8 Å². The number of hydrogen-bond acceptors (Lipinski definition) is 7. The molecule has 1 amide bonds. The number of anilines is 5. The molecule has 0 aliphatic carbocycles. The van der Waals surface area contributed by atoms with Gasteiger partial charge in [0.2, 0.25) is 11.9 Å². The van der Waals surface area contributed by atoms with E-state index >= 15 is 0 Å². The molecule has 0 bridgehead atoms. The maximum Gasteiger partial charge on any atom is 0.248 e. The molecule has 0 atom stereocenters. The van der Waals surface area contributed by atoms with Gasteiger partial charge in [-0.2, -0.15) is 4.98 Å². The lowest BCUT2D eigenvalue weighted by Crippen LogP contribution is -2.23. The summed E-state index contributed by atoms with van der Waals surface area (Å²) in [6.07, 6.45) is 4.39. The van der Waals surface area contributed by atoms with Crippen LogP contribution in [0.25, 0.3) is 0 Å². The average Bonchev–Trinajstić information content (AvgIpc) is 2.80. The summed E-state index contributed by atoms with van der Waals surface area (Å²) in [7, 11) is 3.61. The lowest BCUT2D eigenvalue weighted by Gasteiger charge is -2.12. The Hall–Kier alpha value is -3.82. The van der Waals surface area contributed by atoms with Crippen molar-refractivity contribution in [1.29, 1.82) is 0 Å². The highest BCUT2D eigenvalue weighted by atomic mass is 19.1. The van der Waals surface area contributed by atoms with E-state index in [1.165, 1.54) is 6.08 Å². The molecular weight excluding hydrogens is 435 g/mol. The number of ether oxygens (including phenoxy) is 1. The van der Waals surface area contributed by atoms with Crippen LogP contribution in [-0.2, 0) is 9.53 Å². The summed E-state index contributed by atoms with van der Waals surface area (Å²) in [5, 5.41) is 8.84. The van der Waals surface area contributed by atoms with Crippen molar-refractivity contribution >= 4 is 34.7 Å². The van der Waals surface area contributed by atoms with Crippen LogP contribution < -0.4 is 16.0 Å². The number of amides is 1. The number of aromatic nitrogens is 2. The molecule has 3 aromatic rings. The standard InChI is InChI=1S/C25H29FN6O2/c1-18-7-4-8-19(15-18)29-24-22(26)17-27-25(31-24)30-21-10-5-9-20(16-21)28-23(33)11-6-12-32(2)13-14-34-3/h4-11,15-17H,12-14H2,1-3H3,(H,28,33)(H2,27,29,30,31). The Morgan fingerprint density at radius 2 is 1.85 bits per heavy atom. The number of carbonyl (C=O) groups is 1. The van der Waals surface area contributed by atoms with Crippen LogP contribution in [0.2, 0.25) is 0 Å². The Bertz CT molecular complexity index is 1140. The van der Waals surface area contributed by atoms with Gasteiger partial charge in [-0.05, 0) is 49.9 Å². The number of nitrogens with zero attached hydrogens (tertiary/aromatic N) is 3. The molecule has 0 unspecified atom stereocenters. The number of methoxy groups -OCH3 is 1. The highest BCUT2D eigenvalue weighted by Gasteiger charge is 2.09. The van der Waals surface area contributed by atoms with E-state index in [4.69, 9.17) is 4.74 Å². The van der Waals surface area contributed by atoms with Crippen LogP contribution in [0.1, 0.15) is 5.56 Å². The Kier molecular flexibility index (Phi) is 9.07. The molecular formula is C25H29FN6O2. The molecule has 1 heterocycles. The van der Waals surface area contributed by atoms with E-state index in [9.17, 15) is 9.18 Å². The summed E-state index contributed by atoms with van der Waals surface area (Å²) in [5.41, 5.74) is 3.03. The highest BCUT2D eigenvalue weighted by Crippen LogP contribution is 2.22. The first kappa shape index (κ1) is 24.8. The second kappa shape index (κ2) is 12.4. The van der Waals surface area contributed by atoms with Gasteiger partial charge >= 0.3 is 0 Å². The van der Waals surface area contributed by atoms with Crippen molar-refractivity contribution < 1.29 is 13.9 Å². The normalized spacial score (nSPS) is 11.1. The van der Waals surface area contributed by atoms with E-state index < -0.39 is 5.82 Å². The molecule has 0 aliphatic heterocycles. The molecule has 0 radical (unpaired) electrons. The molecule has 178 valence electrons. The zero-order chi connectivity index (χ0) is 24.3. The molecule has 3 rings (SSSR count).